The molecule has 24 heavy (non-hydrogen) atoms. The molecule has 0 spiro atoms. The van der Waals surface area contributed by atoms with E-state index >= 15 is 0 Å². The molecule has 3 rings (SSSR count). The summed E-state index contributed by atoms with van der Waals surface area (Å²) in [5.41, 5.74) is 0.548. The highest BCUT2D eigenvalue weighted by atomic mass is 16.2. The highest BCUT2D eigenvalue weighted by Gasteiger charge is 2.37. The Morgan fingerprint density at radius 3 is 2.92 bits per heavy atom. The summed E-state index contributed by atoms with van der Waals surface area (Å²) in [4.78, 5) is 34.9. The summed E-state index contributed by atoms with van der Waals surface area (Å²) in [5, 5.41) is 2.91. The summed E-state index contributed by atoms with van der Waals surface area (Å²) in [7, 11) is 0. The molecule has 2 fully saturated rings. The molecule has 0 bridgehead atoms. The minimum atomic E-state index is -0.148. The van der Waals surface area contributed by atoms with Crippen LogP contribution in [0.4, 0.5) is 4.79 Å². The number of aromatic amines is 1. The Hall–Kier alpha value is -1.89. The van der Waals surface area contributed by atoms with Gasteiger partial charge in [0.25, 0.3) is 5.56 Å². The standard InChI is InChI=1S/C17H27N5O2/c1-12-9-16(23)20-15(19-12)6-7-18-17(24)21-10-14(11-21)22-8-4-3-5-13(22)2/h9,13-14H,3-8,10-11H2,1-2H3,(H,18,24)(H,19,20,23)/t13-/m1/s1. The fourth-order valence-electron chi connectivity index (χ4n) is 3.65. The molecule has 7 nitrogen and oxygen atoms in total. The lowest BCUT2D eigenvalue weighted by Crippen LogP contribution is -2.65. The maximum absolute atomic E-state index is 12.2. The van der Waals surface area contributed by atoms with Crippen molar-refractivity contribution in [3.05, 3.63) is 27.9 Å². The molecule has 0 aromatic carbocycles. The van der Waals surface area contributed by atoms with E-state index in [2.05, 4.69) is 27.1 Å². The van der Waals surface area contributed by atoms with E-state index in [1.54, 1.807) is 6.92 Å². The van der Waals surface area contributed by atoms with E-state index in [0.29, 0.717) is 36.6 Å². The second kappa shape index (κ2) is 7.34. The van der Waals surface area contributed by atoms with Crippen molar-refractivity contribution < 1.29 is 4.79 Å². The third-order valence-corrected chi connectivity index (χ3v) is 5.03. The van der Waals surface area contributed by atoms with Crippen LogP contribution in [0.15, 0.2) is 10.9 Å². The van der Waals surface area contributed by atoms with Crippen molar-refractivity contribution in [3.8, 4) is 0 Å². The monoisotopic (exact) mass is 333 g/mol. The second-order valence-electron chi connectivity index (χ2n) is 6.96. The summed E-state index contributed by atoms with van der Waals surface area (Å²) in [6, 6.07) is 2.59. The fraction of sp³-hybridized carbons (Fsp3) is 0.706. The number of aryl methyl sites for hydroxylation is 1. The van der Waals surface area contributed by atoms with Crippen LogP contribution in [0.5, 0.6) is 0 Å². The number of aromatic nitrogens is 2. The van der Waals surface area contributed by atoms with Crippen LogP contribution in [0.2, 0.25) is 0 Å². The van der Waals surface area contributed by atoms with Gasteiger partial charge in [-0.2, -0.15) is 0 Å². The average Bonchev–Trinajstić information content (AvgIpc) is 2.46. The zero-order valence-corrected chi connectivity index (χ0v) is 14.5. The maximum Gasteiger partial charge on any atom is 0.317 e. The van der Waals surface area contributed by atoms with Gasteiger partial charge in [0.1, 0.15) is 5.82 Å². The van der Waals surface area contributed by atoms with Crippen molar-refractivity contribution >= 4 is 6.03 Å². The molecule has 7 heteroatoms. The minimum absolute atomic E-state index is 0.0223. The van der Waals surface area contributed by atoms with Crippen LogP contribution in [0, 0.1) is 6.92 Å². The van der Waals surface area contributed by atoms with Gasteiger partial charge in [0.05, 0.1) is 0 Å². The molecule has 3 heterocycles. The van der Waals surface area contributed by atoms with Crippen molar-refractivity contribution in [3.63, 3.8) is 0 Å². The molecule has 0 unspecified atom stereocenters. The molecule has 0 saturated carbocycles. The van der Waals surface area contributed by atoms with Gasteiger partial charge in [0.2, 0.25) is 0 Å². The van der Waals surface area contributed by atoms with Crippen LogP contribution >= 0.6 is 0 Å². The number of urea groups is 1. The molecule has 2 aliphatic heterocycles. The van der Waals surface area contributed by atoms with Crippen molar-refractivity contribution in [1.29, 1.82) is 0 Å². The van der Waals surface area contributed by atoms with Crippen molar-refractivity contribution in [2.24, 2.45) is 0 Å². The topological polar surface area (TPSA) is 81.3 Å². The summed E-state index contributed by atoms with van der Waals surface area (Å²) in [5.74, 6) is 0.615. The molecule has 2 saturated heterocycles. The van der Waals surface area contributed by atoms with E-state index in [-0.39, 0.29) is 11.6 Å². The number of carbonyl (C=O) groups excluding carboxylic acids is 1. The molecular formula is C17H27N5O2. The Kier molecular flexibility index (Phi) is 5.18. The Bertz CT molecular complexity index is 638. The van der Waals surface area contributed by atoms with Gasteiger partial charge >= 0.3 is 6.03 Å². The van der Waals surface area contributed by atoms with Crippen molar-refractivity contribution in [2.45, 2.75) is 51.6 Å². The second-order valence-corrected chi connectivity index (χ2v) is 6.96. The van der Waals surface area contributed by atoms with Gasteiger partial charge in [-0.1, -0.05) is 6.42 Å². The number of piperidine rings is 1. The summed E-state index contributed by atoms with van der Waals surface area (Å²) < 4.78 is 0. The number of likely N-dealkylation sites (tertiary alicyclic amines) is 2. The van der Waals surface area contributed by atoms with E-state index in [1.807, 2.05) is 4.90 Å². The van der Waals surface area contributed by atoms with Crippen molar-refractivity contribution in [2.75, 3.05) is 26.2 Å². The Morgan fingerprint density at radius 1 is 1.42 bits per heavy atom. The SMILES string of the molecule is Cc1cc(=O)[nH]c(CCNC(=O)N2CC(N3CCCC[C@H]3C)C2)n1. The number of amides is 2. The number of hydrogen-bond donors (Lipinski definition) is 2. The van der Waals surface area contributed by atoms with E-state index in [9.17, 15) is 9.59 Å². The number of nitrogens with one attached hydrogen (secondary N) is 2. The first-order valence-electron chi connectivity index (χ1n) is 8.88. The van der Waals surface area contributed by atoms with Gasteiger partial charge in [-0.3, -0.25) is 9.69 Å². The number of H-pyrrole nitrogens is 1. The summed E-state index contributed by atoms with van der Waals surface area (Å²) >= 11 is 0. The predicted octanol–water partition coefficient (Wildman–Crippen LogP) is 0.889. The van der Waals surface area contributed by atoms with Crippen LogP contribution in [-0.4, -0.2) is 64.1 Å². The Morgan fingerprint density at radius 2 is 2.21 bits per heavy atom. The predicted molar refractivity (Wildman–Crippen MR) is 92.1 cm³/mol. The maximum atomic E-state index is 12.2. The molecule has 1 aromatic rings. The lowest BCUT2D eigenvalue weighted by molar-refractivity contribution is 0.0170. The smallest absolute Gasteiger partial charge is 0.317 e. The molecule has 2 amide bonds. The number of hydrogen-bond acceptors (Lipinski definition) is 4. The fourth-order valence-corrected chi connectivity index (χ4v) is 3.65. The normalized spacial score (nSPS) is 22.2. The van der Waals surface area contributed by atoms with Crippen LogP contribution < -0.4 is 10.9 Å². The first-order valence-corrected chi connectivity index (χ1v) is 8.88. The first kappa shape index (κ1) is 17.0. The molecule has 1 atom stereocenters. The lowest BCUT2D eigenvalue weighted by atomic mass is 9.98. The van der Waals surface area contributed by atoms with Crippen LogP contribution in [-0.2, 0) is 6.42 Å². The van der Waals surface area contributed by atoms with E-state index in [4.69, 9.17) is 0 Å². The highest BCUT2D eigenvalue weighted by molar-refractivity contribution is 5.75. The highest BCUT2D eigenvalue weighted by Crippen LogP contribution is 2.24. The van der Waals surface area contributed by atoms with Gasteiger partial charge in [-0.15, -0.1) is 0 Å². The van der Waals surface area contributed by atoms with Gasteiger partial charge in [0.15, 0.2) is 0 Å². The van der Waals surface area contributed by atoms with Gasteiger partial charge in [0, 0.05) is 49.9 Å². The van der Waals surface area contributed by atoms with E-state index < -0.39 is 0 Å². The zero-order valence-electron chi connectivity index (χ0n) is 14.5. The first-order chi connectivity index (χ1) is 11.5. The summed E-state index contributed by atoms with van der Waals surface area (Å²) in [6.07, 6.45) is 4.39. The lowest BCUT2D eigenvalue weighted by Gasteiger charge is -2.49. The Balaban J connectivity index is 1.40. The zero-order chi connectivity index (χ0) is 17.1. The summed E-state index contributed by atoms with van der Waals surface area (Å²) in [6.45, 7) is 7.35. The molecular weight excluding hydrogens is 306 g/mol. The van der Waals surface area contributed by atoms with Gasteiger partial charge in [-0.25, -0.2) is 9.78 Å². The number of rotatable bonds is 4. The quantitative estimate of drug-likeness (QED) is 0.857. The third-order valence-electron chi connectivity index (χ3n) is 5.03. The largest absolute Gasteiger partial charge is 0.338 e. The average molecular weight is 333 g/mol. The molecule has 132 valence electrons. The van der Waals surface area contributed by atoms with Gasteiger partial charge in [-0.05, 0) is 33.2 Å². The number of nitrogens with zero attached hydrogens (tertiary/aromatic N) is 3. The van der Waals surface area contributed by atoms with Crippen LogP contribution in [0.1, 0.15) is 37.7 Å². The number of carbonyl (C=O) groups is 1. The Labute approximate surface area is 142 Å². The minimum Gasteiger partial charge on any atom is -0.338 e. The molecule has 0 radical (unpaired) electrons. The van der Waals surface area contributed by atoms with Gasteiger partial charge < -0.3 is 15.2 Å². The molecule has 0 aliphatic carbocycles. The van der Waals surface area contributed by atoms with E-state index in [1.165, 1.54) is 25.3 Å². The molecule has 2 aliphatic rings. The molecule has 2 N–H and O–H groups in total. The molecule has 1 aromatic heterocycles. The third kappa shape index (κ3) is 3.95. The van der Waals surface area contributed by atoms with Crippen LogP contribution in [0.3, 0.4) is 0 Å². The van der Waals surface area contributed by atoms with Crippen LogP contribution in [0.25, 0.3) is 0 Å². The van der Waals surface area contributed by atoms with Crippen molar-refractivity contribution in [1.82, 2.24) is 25.1 Å². The van der Waals surface area contributed by atoms with E-state index in [0.717, 1.165) is 19.6 Å².